The summed E-state index contributed by atoms with van der Waals surface area (Å²) in [6, 6.07) is 4.17. The number of hydrogen-bond acceptors (Lipinski definition) is 1. The quantitative estimate of drug-likeness (QED) is 0.663. The maximum Gasteiger partial charge on any atom is 0.0302 e. The molecular weight excluding hydrogens is 146 g/mol. The van der Waals surface area contributed by atoms with Gasteiger partial charge in [-0.1, -0.05) is 32.8 Å². The van der Waals surface area contributed by atoms with E-state index in [0.29, 0.717) is 5.92 Å². The minimum absolute atomic E-state index is 0.665. The molecule has 0 spiro atoms. The third-order valence-electron chi connectivity index (χ3n) is 2.24. The molecule has 0 N–H and O–H groups in total. The monoisotopic (exact) mass is 163 g/mol. The highest BCUT2D eigenvalue weighted by Crippen LogP contribution is 2.19. The smallest absolute Gasteiger partial charge is 0.0302 e. The highest BCUT2D eigenvalue weighted by Gasteiger charge is 2.03. The van der Waals surface area contributed by atoms with E-state index >= 15 is 0 Å². The molecule has 0 fully saturated rings. The van der Waals surface area contributed by atoms with E-state index in [9.17, 15) is 0 Å². The molecule has 1 rings (SSSR count). The van der Waals surface area contributed by atoms with Crippen molar-refractivity contribution < 1.29 is 0 Å². The molecule has 66 valence electrons. The molecule has 0 aromatic carbocycles. The van der Waals surface area contributed by atoms with Crippen molar-refractivity contribution in [3.63, 3.8) is 0 Å². The van der Waals surface area contributed by atoms with Gasteiger partial charge in [0.2, 0.25) is 0 Å². The molecule has 0 saturated heterocycles. The summed E-state index contributed by atoms with van der Waals surface area (Å²) in [6.45, 7) is 4.50. The van der Waals surface area contributed by atoms with Gasteiger partial charge in [-0.2, -0.15) is 0 Å². The Balaban J connectivity index is 2.48. The van der Waals surface area contributed by atoms with Crippen LogP contribution in [0.3, 0.4) is 0 Å². The minimum atomic E-state index is 0.665. The number of hydrogen-bond donors (Lipinski definition) is 0. The lowest BCUT2D eigenvalue weighted by molar-refractivity contribution is 0.622. The highest BCUT2D eigenvalue weighted by molar-refractivity contribution is 5.13. The van der Waals surface area contributed by atoms with Crippen molar-refractivity contribution in [1.82, 2.24) is 4.98 Å². The largest absolute Gasteiger partial charge is 0.264 e. The van der Waals surface area contributed by atoms with Crippen LogP contribution in [0.25, 0.3) is 0 Å². The van der Waals surface area contributed by atoms with Gasteiger partial charge in [-0.15, -0.1) is 0 Å². The predicted molar refractivity (Wildman–Crippen MR) is 52.2 cm³/mol. The Hall–Kier alpha value is -0.850. The molecule has 0 aliphatic rings. The Morgan fingerprint density at radius 3 is 2.92 bits per heavy atom. The van der Waals surface area contributed by atoms with Crippen LogP contribution >= 0.6 is 0 Å². The normalized spacial score (nSPS) is 12.8. The molecule has 1 atom stereocenters. The summed E-state index contributed by atoms with van der Waals surface area (Å²) in [6.07, 6.45) is 7.68. The second-order valence-corrected chi connectivity index (χ2v) is 3.33. The van der Waals surface area contributed by atoms with Gasteiger partial charge in [0.1, 0.15) is 0 Å². The fourth-order valence-electron chi connectivity index (χ4n) is 1.34. The average molecular weight is 163 g/mol. The SMILES string of the molecule is CCCCC(C)c1cccnc1. The zero-order valence-electron chi connectivity index (χ0n) is 7.96. The second kappa shape index (κ2) is 4.91. The number of nitrogens with zero attached hydrogens (tertiary/aromatic N) is 1. The Kier molecular flexibility index (Phi) is 3.78. The van der Waals surface area contributed by atoms with Crippen molar-refractivity contribution in [3.8, 4) is 0 Å². The van der Waals surface area contributed by atoms with Crippen LogP contribution in [-0.2, 0) is 0 Å². The number of aromatic nitrogens is 1. The van der Waals surface area contributed by atoms with Crippen molar-refractivity contribution in [2.75, 3.05) is 0 Å². The third kappa shape index (κ3) is 2.65. The molecular formula is C11H17N. The first-order chi connectivity index (χ1) is 5.84. The summed E-state index contributed by atoms with van der Waals surface area (Å²) in [5, 5.41) is 0. The van der Waals surface area contributed by atoms with Crippen molar-refractivity contribution >= 4 is 0 Å². The molecule has 0 bridgehead atoms. The van der Waals surface area contributed by atoms with Crippen molar-refractivity contribution in [1.29, 1.82) is 0 Å². The van der Waals surface area contributed by atoms with E-state index in [0.717, 1.165) is 0 Å². The first-order valence-corrected chi connectivity index (χ1v) is 4.74. The molecule has 1 heteroatoms. The Bertz CT molecular complexity index is 206. The standard InChI is InChI=1S/C11H17N/c1-3-4-6-10(2)11-7-5-8-12-9-11/h5,7-10H,3-4,6H2,1-2H3. The van der Waals surface area contributed by atoms with Crippen LogP contribution in [0.2, 0.25) is 0 Å². The lowest BCUT2D eigenvalue weighted by atomic mass is 9.97. The van der Waals surface area contributed by atoms with Crippen LogP contribution in [0.1, 0.15) is 44.6 Å². The van der Waals surface area contributed by atoms with Gasteiger partial charge in [-0.05, 0) is 24.0 Å². The molecule has 1 aromatic heterocycles. The van der Waals surface area contributed by atoms with Gasteiger partial charge in [-0.3, -0.25) is 4.98 Å². The van der Waals surface area contributed by atoms with Gasteiger partial charge in [0.25, 0.3) is 0 Å². The van der Waals surface area contributed by atoms with Crippen molar-refractivity contribution in [2.45, 2.75) is 39.0 Å². The maximum atomic E-state index is 4.11. The topological polar surface area (TPSA) is 12.9 Å². The van der Waals surface area contributed by atoms with E-state index in [1.165, 1.54) is 24.8 Å². The summed E-state index contributed by atoms with van der Waals surface area (Å²) in [4.78, 5) is 4.11. The summed E-state index contributed by atoms with van der Waals surface area (Å²) in [5.74, 6) is 0.665. The lowest BCUT2D eigenvalue weighted by Gasteiger charge is -2.09. The number of unbranched alkanes of at least 4 members (excludes halogenated alkanes) is 1. The molecule has 0 aliphatic heterocycles. The molecule has 12 heavy (non-hydrogen) atoms. The number of pyridine rings is 1. The molecule has 0 amide bonds. The van der Waals surface area contributed by atoms with E-state index < -0.39 is 0 Å². The molecule has 1 heterocycles. The molecule has 0 aliphatic carbocycles. The molecule has 0 saturated carbocycles. The van der Waals surface area contributed by atoms with Gasteiger partial charge in [0.05, 0.1) is 0 Å². The van der Waals surface area contributed by atoms with Gasteiger partial charge in [-0.25, -0.2) is 0 Å². The Morgan fingerprint density at radius 2 is 2.33 bits per heavy atom. The van der Waals surface area contributed by atoms with Crippen LogP contribution in [0.5, 0.6) is 0 Å². The van der Waals surface area contributed by atoms with Crippen molar-refractivity contribution in [3.05, 3.63) is 30.1 Å². The van der Waals surface area contributed by atoms with Crippen LogP contribution in [-0.4, -0.2) is 4.98 Å². The average Bonchev–Trinajstić information content (AvgIpc) is 2.15. The van der Waals surface area contributed by atoms with E-state index in [1.54, 1.807) is 0 Å². The van der Waals surface area contributed by atoms with E-state index in [2.05, 4.69) is 24.9 Å². The van der Waals surface area contributed by atoms with E-state index in [4.69, 9.17) is 0 Å². The fraction of sp³-hybridized carbons (Fsp3) is 0.545. The maximum absolute atomic E-state index is 4.11. The molecule has 1 nitrogen and oxygen atoms in total. The lowest BCUT2D eigenvalue weighted by Crippen LogP contribution is -1.93. The predicted octanol–water partition coefficient (Wildman–Crippen LogP) is 3.38. The van der Waals surface area contributed by atoms with E-state index in [1.807, 2.05) is 18.5 Å². The number of rotatable bonds is 4. The summed E-state index contributed by atoms with van der Waals surface area (Å²) >= 11 is 0. The highest BCUT2D eigenvalue weighted by atomic mass is 14.6. The third-order valence-corrected chi connectivity index (χ3v) is 2.24. The summed E-state index contributed by atoms with van der Waals surface area (Å²) in [7, 11) is 0. The second-order valence-electron chi connectivity index (χ2n) is 3.33. The Labute approximate surface area is 74.8 Å². The van der Waals surface area contributed by atoms with Gasteiger partial charge in [0.15, 0.2) is 0 Å². The van der Waals surface area contributed by atoms with Gasteiger partial charge >= 0.3 is 0 Å². The summed E-state index contributed by atoms with van der Waals surface area (Å²) in [5.41, 5.74) is 1.37. The summed E-state index contributed by atoms with van der Waals surface area (Å²) < 4.78 is 0. The van der Waals surface area contributed by atoms with Crippen molar-refractivity contribution in [2.24, 2.45) is 0 Å². The van der Waals surface area contributed by atoms with Gasteiger partial charge < -0.3 is 0 Å². The molecule has 1 aromatic rings. The first-order valence-electron chi connectivity index (χ1n) is 4.74. The molecule has 1 unspecified atom stereocenters. The van der Waals surface area contributed by atoms with Crippen LogP contribution in [0.4, 0.5) is 0 Å². The van der Waals surface area contributed by atoms with E-state index in [-0.39, 0.29) is 0 Å². The van der Waals surface area contributed by atoms with Crippen LogP contribution in [0.15, 0.2) is 24.5 Å². The fourth-order valence-corrected chi connectivity index (χ4v) is 1.34. The zero-order chi connectivity index (χ0) is 8.81. The van der Waals surface area contributed by atoms with Crippen LogP contribution < -0.4 is 0 Å². The van der Waals surface area contributed by atoms with Crippen LogP contribution in [0, 0.1) is 0 Å². The minimum Gasteiger partial charge on any atom is -0.264 e. The van der Waals surface area contributed by atoms with Gasteiger partial charge in [0, 0.05) is 12.4 Å². The first kappa shape index (κ1) is 9.24. The molecule has 0 radical (unpaired) electrons. The zero-order valence-corrected chi connectivity index (χ0v) is 7.96. The Morgan fingerprint density at radius 1 is 1.50 bits per heavy atom.